The van der Waals surface area contributed by atoms with Gasteiger partial charge in [0.2, 0.25) is 0 Å². The molecular weight excluding hydrogens is 486 g/mol. The number of likely N-dealkylation sites (tertiary alicyclic amines) is 1. The lowest BCUT2D eigenvalue weighted by atomic mass is 9.33. The number of hydrogen-bond donors (Lipinski definition) is 1. The third-order valence-corrected chi connectivity index (χ3v) is 12.2. The summed E-state index contributed by atoms with van der Waals surface area (Å²) in [5.41, 5.74) is 1.98. The van der Waals surface area contributed by atoms with Crippen LogP contribution in [0.3, 0.4) is 0 Å². The van der Waals surface area contributed by atoms with Gasteiger partial charge in [0, 0.05) is 42.0 Å². The highest BCUT2D eigenvalue weighted by Gasteiger charge is 2.82. The van der Waals surface area contributed by atoms with Crippen LogP contribution in [0.2, 0.25) is 0 Å². The summed E-state index contributed by atoms with van der Waals surface area (Å²) < 4.78 is 19.8. The Morgan fingerprint density at radius 2 is 1.95 bits per heavy atom. The van der Waals surface area contributed by atoms with Gasteiger partial charge in [-0.05, 0) is 81.0 Å². The number of hydrogen-bond acceptors (Lipinski definition) is 5. The molecule has 5 aliphatic carbocycles. The van der Waals surface area contributed by atoms with Crippen molar-refractivity contribution in [2.24, 2.45) is 17.3 Å². The minimum absolute atomic E-state index is 0.0182. The van der Waals surface area contributed by atoms with Crippen molar-refractivity contribution in [2.45, 2.75) is 80.1 Å². The molecular formula is C34H41NO4. The average molecular weight is 528 g/mol. The molecule has 7 atom stereocenters. The number of rotatable bonds is 8. The summed E-state index contributed by atoms with van der Waals surface area (Å²) >= 11 is 0. The maximum atomic E-state index is 12.8. The highest BCUT2D eigenvalue weighted by molar-refractivity contribution is 5.64. The fourth-order valence-electron chi connectivity index (χ4n) is 10.5. The van der Waals surface area contributed by atoms with Crippen LogP contribution in [0.25, 0.3) is 0 Å². The SMILES string of the molecule is C=CC[C@](O)(c1ccccc1)[C@H]1C[C@@]23CC[C@]1(OC)[C@@H]1Oc4c(OC)ccc5c4[C@@]12CCN(CC1CC1)[C@@H]3C5. The largest absolute Gasteiger partial charge is 0.493 e. The minimum atomic E-state index is -1.09. The molecule has 0 amide bonds. The lowest BCUT2D eigenvalue weighted by Crippen LogP contribution is -2.82. The van der Waals surface area contributed by atoms with Gasteiger partial charge in [-0.2, -0.15) is 0 Å². The van der Waals surface area contributed by atoms with E-state index in [2.05, 4.69) is 35.7 Å². The Morgan fingerprint density at radius 1 is 1.13 bits per heavy atom. The zero-order valence-corrected chi connectivity index (χ0v) is 23.3. The van der Waals surface area contributed by atoms with E-state index in [4.69, 9.17) is 14.2 Å². The summed E-state index contributed by atoms with van der Waals surface area (Å²) in [4.78, 5) is 2.85. The van der Waals surface area contributed by atoms with Crippen molar-refractivity contribution in [1.82, 2.24) is 4.90 Å². The molecule has 2 aliphatic heterocycles. The van der Waals surface area contributed by atoms with Crippen LogP contribution in [-0.2, 0) is 22.2 Å². The monoisotopic (exact) mass is 527 g/mol. The zero-order valence-electron chi connectivity index (χ0n) is 23.3. The van der Waals surface area contributed by atoms with Crippen LogP contribution in [0.5, 0.6) is 11.5 Å². The lowest BCUT2D eigenvalue weighted by molar-refractivity contribution is -0.306. The lowest BCUT2D eigenvalue weighted by Gasteiger charge is -2.75. The Balaban J connectivity index is 1.37. The van der Waals surface area contributed by atoms with Gasteiger partial charge in [-0.25, -0.2) is 0 Å². The van der Waals surface area contributed by atoms with Gasteiger partial charge in [-0.3, -0.25) is 4.90 Å². The number of fused-ring (bicyclic) bond motifs is 2. The van der Waals surface area contributed by atoms with Crippen molar-refractivity contribution in [1.29, 1.82) is 0 Å². The standard InChI is InChI=1S/C34H41NO4/c1-4-14-33(36,24-8-6-5-7-9-24)26-20-31-15-16-34(26,38-3)30-32(31)17-18-35(21-22-10-11-22)27(31)19-23-12-13-25(37-2)29(39-30)28(23)32/h4-9,12-13,22,26-27,30,36H,1,10-11,14-21H2,2-3H3/t26-,27-,30-,31-,32+,33+,34-/m1/s1. The molecule has 9 rings (SSSR count). The van der Waals surface area contributed by atoms with Crippen LogP contribution in [0.15, 0.2) is 55.1 Å². The smallest absolute Gasteiger partial charge is 0.165 e. The molecule has 0 radical (unpaired) electrons. The molecule has 5 fully saturated rings. The fourth-order valence-corrected chi connectivity index (χ4v) is 10.5. The topological polar surface area (TPSA) is 51.2 Å². The molecule has 7 aliphatic rings. The van der Waals surface area contributed by atoms with E-state index in [-0.39, 0.29) is 22.9 Å². The van der Waals surface area contributed by atoms with E-state index in [0.29, 0.717) is 12.5 Å². The van der Waals surface area contributed by atoms with Crippen LogP contribution in [0.1, 0.15) is 61.6 Å². The Labute approximate surface area is 232 Å². The summed E-state index contributed by atoms with van der Waals surface area (Å²) in [5.74, 6) is 2.50. The van der Waals surface area contributed by atoms with Gasteiger partial charge in [-0.15, -0.1) is 6.58 Å². The third kappa shape index (κ3) is 2.82. The van der Waals surface area contributed by atoms with Crippen LogP contribution < -0.4 is 9.47 Å². The van der Waals surface area contributed by atoms with Crippen LogP contribution in [0.4, 0.5) is 0 Å². The normalized spacial score (nSPS) is 39.0. The summed E-state index contributed by atoms with van der Waals surface area (Å²) in [6.07, 6.45) is 10.0. The molecule has 0 unspecified atom stereocenters. The second-order valence-corrected chi connectivity index (χ2v) is 13.4. The van der Waals surface area contributed by atoms with E-state index < -0.39 is 11.2 Å². The fraction of sp³-hybridized carbons (Fsp3) is 0.588. The summed E-state index contributed by atoms with van der Waals surface area (Å²) in [7, 11) is 3.61. The highest BCUT2D eigenvalue weighted by Crippen LogP contribution is 2.78. The molecule has 0 aromatic heterocycles. The van der Waals surface area contributed by atoms with Crippen LogP contribution in [0, 0.1) is 17.3 Å². The van der Waals surface area contributed by atoms with Gasteiger partial charge in [0.15, 0.2) is 11.5 Å². The number of benzene rings is 2. The zero-order chi connectivity index (χ0) is 26.6. The van der Waals surface area contributed by atoms with Crippen molar-refractivity contribution < 1.29 is 19.3 Å². The van der Waals surface area contributed by atoms with Crippen molar-refractivity contribution in [3.63, 3.8) is 0 Å². The highest BCUT2D eigenvalue weighted by atomic mass is 16.6. The summed E-state index contributed by atoms with van der Waals surface area (Å²) in [6.45, 7) is 6.42. The van der Waals surface area contributed by atoms with E-state index in [1.54, 1.807) is 7.11 Å². The van der Waals surface area contributed by atoms with E-state index in [0.717, 1.165) is 61.6 Å². The molecule has 206 valence electrons. The molecule has 39 heavy (non-hydrogen) atoms. The predicted octanol–water partition coefficient (Wildman–Crippen LogP) is 5.38. The van der Waals surface area contributed by atoms with Crippen molar-refractivity contribution in [2.75, 3.05) is 27.3 Å². The second kappa shape index (κ2) is 8.11. The first-order valence-electron chi connectivity index (χ1n) is 15.0. The number of methoxy groups -OCH3 is 2. The summed E-state index contributed by atoms with van der Waals surface area (Å²) in [6, 6.07) is 15.1. The molecule has 2 heterocycles. The minimum Gasteiger partial charge on any atom is -0.493 e. The quantitative estimate of drug-likeness (QED) is 0.467. The average Bonchev–Trinajstić information content (AvgIpc) is 3.71. The maximum absolute atomic E-state index is 12.8. The van der Waals surface area contributed by atoms with E-state index in [1.165, 1.54) is 30.5 Å². The van der Waals surface area contributed by atoms with E-state index in [1.807, 2.05) is 31.4 Å². The van der Waals surface area contributed by atoms with Crippen LogP contribution in [-0.4, -0.2) is 55.1 Å². The van der Waals surface area contributed by atoms with Gasteiger partial charge in [-0.1, -0.05) is 42.5 Å². The molecule has 4 bridgehead atoms. The Morgan fingerprint density at radius 3 is 2.67 bits per heavy atom. The number of ether oxygens (including phenoxy) is 3. The molecule has 5 nitrogen and oxygen atoms in total. The van der Waals surface area contributed by atoms with Gasteiger partial charge in [0.25, 0.3) is 0 Å². The molecule has 1 N–H and O–H groups in total. The molecule has 2 aromatic carbocycles. The Bertz CT molecular complexity index is 1320. The second-order valence-electron chi connectivity index (χ2n) is 13.4. The third-order valence-electron chi connectivity index (χ3n) is 12.2. The van der Waals surface area contributed by atoms with Crippen molar-refractivity contribution in [3.05, 3.63) is 71.8 Å². The molecule has 4 saturated carbocycles. The van der Waals surface area contributed by atoms with Gasteiger partial charge in [0.1, 0.15) is 11.7 Å². The summed E-state index contributed by atoms with van der Waals surface area (Å²) in [5, 5.41) is 12.8. The maximum Gasteiger partial charge on any atom is 0.165 e. The van der Waals surface area contributed by atoms with Gasteiger partial charge < -0.3 is 19.3 Å². The first kappa shape index (κ1) is 24.5. The molecule has 2 spiro atoms. The van der Waals surface area contributed by atoms with Gasteiger partial charge >= 0.3 is 0 Å². The van der Waals surface area contributed by atoms with E-state index >= 15 is 0 Å². The number of aliphatic hydroxyl groups is 1. The first-order valence-corrected chi connectivity index (χ1v) is 15.0. The van der Waals surface area contributed by atoms with Crippen LogP contribution >= 0.6 is 0 Å². The number of nitrogens with zero attached hydrogens (tertiary/aromatic N) is 1. The first-order chi connectivity index (χ1) is 19.0. The molecule has 2 aromatic rings. The Hall–Kier alpha value is -2.34. The van der Waals surface area contributed by atoms with Crippen molar-refractivity contribution in [3.8, 4) is 11.5 Å². The molecule has 5 heteroatoms. The Kier molecular flexibility index (Phi) is 5.09. The number of piperidine rings is 1. The van der Waals surface area contributed by atoms with Crippen molar-refractivity contribution >= 4 is 0 Å². The predicted molar refractivity (Wildman–Crippen MR) is 150 cm³/mol. The van der Waals surface area contributed by atoms with E-state index in [9.17, 15) is 5.11 Å². The molecule has 1 saturated heterocycles. The van der Waals surface area contributed by atoms with Gasteiger partial charge in [0.05, 0.1) is 12.7 Å².